The Kier molecular flexibility index (Phi) is 6.37. The van der Waals surface area contributed by atoms with Crippen molar-refractivity contribution < 1.29 is 23.8 Å². The van der Waals surface area contributed by atoms with E-state index < -0.39 is 5.97 Å². The van der Waals surface area contributed by atoms with E-state index in [0.717, 1.165) is 11.1 Å². The number of esters is 2. The third kappa shape index (κ3) is 4.84. The van der Waals surface area contributed by atoms with E-state index in [9.17, 15) is 9.59 Å². The summed E-state index contributed by atoms with van der Waals surface area (Å²) in [6.45, 7) is 3.75. The average molecular weight is 328 g/mol. The molecule has 0 aliphatic heterocycles. The third-order valence-electron chi connectivity index (χ3n) is 3.22. The Labute approximate surface area is 141 Å². The molecule has 2 aromatic carbocycles. The molecule has 0 atom stereocenters. The maximum Gasteiger partial charge on any atom is 0.338 e. The zero-order valence-corrected chi connectivity index (χ0v) is 13.8. The van der Waals surface area contributed by atoms with Gasteiger partial charge in [-0.3, -0.25) is 4.79 Å². The van der Waals surface area contributed by atoms with Crippen LogP contribution in [-0.4, -0.2) is 31.8 Å². The minimum atomic E-state index is -0.401. The summed E-state index contributed by atoms with van der Waals surface area (Å²) in [6.07, 6.45) is 0. The van der Waals surface area contributed by atoms with Gasteiger partial charge in [-0.05, 0) is 30.7 Å². The topological polar surface area (TPSA) is 61.8 Å². The molecule has 0 unspecified atom stereocenters. The normalized spacial score (nSPS) is 10.1. The Morgan fingerprint density at radius 2 is 1.71 bits per heavy atom. The molecule has 0 heterocycles. The van der Waals surface area contributed by atoms with E-state index in [0.29, 0.717) is 17.9 Å². The molecule has 126 valence electrons. The van der Waals surface area contributed by atoms with Crippen LogP contribution in [0.4, 0.5) is 0 Å². The van der Waals surface area contributed by atoms with Gasteiger partial charge in [-0.1, -0.05) is 30.3 Å². The van der Waals surface area contributed by atoms with Crippen LogP contribution in [0.1, 0.15) is 24.2 Å². The summed E-state index contributed by atoms with van der Waals surface area (Å²) in [4.78, 5) is 22.7. The van der Waals surface area contributed by atoms with Crippen molar-refractivity contribution in [3.8, 4) is 16.9 Å². The molecular weight excluding hydrogens is 308 g/mol. The zero-order valence-electron chi connectivity index (χ0n) is 13.8. The van der Waals surface area contributed by atoms with Crippen LogP contribution >= 0.6 is 0 Å². The second-order valence-corrected chi connectivity index (χ2v) is 4.99. The van der Waals surface area contributed by atoms with Gasteiger partial charge < -0.3 is 14.2 Å². The van der Waals surface area contributed by atoms with Gasteiger partial charge in [-0.15, -0.1) is 0 Å². The molecule has 0 spiro atoms. The molecule has 0 N–H and O–H groups in total. The summed E-state index contributed by atoms with van der Waals surface area (Å²) in [5.74, 6) is -0.219. The molecule has 0 amide bonds. The van der Waals surface area contributed by atoms with Gasteiger partial charge in [-0.2, -0.15) is 0 Å². The van der Waals surface area contributed by atoms with Crippen LogP contribution in [0.2, 0.25) is 0 Å². The molecule has 0 fully saturated rings. The number of rotatable bonds is 7. The molecule has 0 aromatic heterocycles. The van der Waals surface area contributed by atoms with E-state index in [2.05, 4.69) is 0 Å². The van der Waals surface area contributed by atoms with Crippen molar-refractivity contribution in [1.82, 2.24) is 0 Å². The number of hydrogen-bond donors (Lipinski definition) is 0. The van der Waals surface area contributed by atoms with Crippen LogP contribution in [0.5, 0.6) is 5.75 Å². The van der Waals surface area contributed by atoms with E-state index in [-0.39, 0.29) is 19.2 Å². The number of carbonyl (C=O) groups is 2. The van der Waals surface area contributed by atoms with Crippen LogP contribution in [0.15, 0.2) is 48.5 Å². The maximum atomic E-state index is 11.9. The quantitative estimate of drug-likeness (QED) is 0.575. The highest BCUT2D eigenvalue weighted by molar-refractivity contribution is 5.91. The summed E-state index contributed by atoms with van der Waals surface area (Å²) in [5.41, 5.74) is 2.24. The van der Waals surface area contributed by atoms with Gasteiger partial charge in [0.15, 0.2) is 0 Å². The van der Waals surface area contributed by atoms with Crippen LogP contribution in [0, 0.1) is 0 Å². The van der Waals surface area contributed by atoms with Crippen LogP contribution < -0.4 is 4.74 Å². The largest absolute Gasteiger partial charge is 0.489 e. The molecule has 2 rings (SSSR count). The molecule has 0 aliphatic carbocycles. The van der Waals surface area contributed by atoms with Gasteiger partial charge >= 0.3 is 11.9 Å². The molecule has 0 bridgehead atoms. The molecule has 0 saturated carbocycles. The van der Waals surface area contributed by atoms with Crippen molar-refractivity contribution >= 4 is 11.9 Å². The molecule has 0 radical (unpaired) electrons. The lowest BCUT2D eigenvalue weighted by molar-refractivity contribution is -0.141. The Morgan fingerprint density at radius 3 is 2.38 bits per heavy atom. The summed E-state index contributed by atoms with van der Waals surface area (Å²) >= 11 is 0. The molecule has 0 aliphatic rings. The first-order chi connectivity index (χ1) is 11.6. The second-order valence-electron chi connectivity index (χ2n) is 4.99. The minimum absolute atomic E-state index is 0.146. The Bertz CT molecular complexity index is 694. The zero-order chi connectivity index (χ0) is 17.4. The highest BCUT2D eigenvalue weighted by atomic mass is 16.6. The Morgan fingerprint density at radius 1 is 0.958 bits per heavy atom. The van der Waals surface area contributed by atoms with E-state index in [1.165, 1.54) is 6.92 Å². The van der Waals surface area contributed by atoms with E-state index in [1.54, 1.807) is 19.1 Å². The second kappa shape index (κ2) is 8.72. The average Bonchev–Trinajstić information content (AvgIpc) is 2.59. The summed E-state index contributed by atoms with van der Waals surface area (Å²) in [6, 6.07) is 14.9. The molecular formula is C19H20O5. The fourth-order valence-electron chi connectivity index (χ4n) is 2.18. The van der Waals surface area contributed by atoms with Gasteiger partial charge in [0.25, 0.3) is 0 Å². The minimum Gasteiger partial charge on any atom is -0.489 e. The lowest BCUT2D eigenvalue weighted by Gasteiger charge is -2.13. The summed E-state index contributed by atoms with van der Waals surface area (Å²) in [5, 5.41) is 0. The fourth-order valence-corrected chi connectivity index (χ4v) is 2.18. The van der Waals surface area contributed by atoms with Crippen molar-refractivity contribution in [2.24, 2.45) is 0 Å². The fraction of sp³-hybridized carbons (Fsp3) is 0.263. The van der Waals surface area contributed by atoms with Gasteiger partial charge in [0.2, 0.25) is 0 Å². The van der Waals surface area contributed by atoms with Crippen LogP contribution in [0.3, 0.4) is 0 Å². The highest BCUT2D eigenvalue weighted by Crippen LogP contribution is 2.31. The van der Waals surface area contributed by atoms with Crippen molar-refractivity contribution in [3.63, 3.8) is 0 Å². The van der Waals surface area contributed by atoms with E-state index in [1.807, 2.05) is 36.4 Å². The first-order valence-electron chi connectivity index (χ1n) is 7.74. The predicted octanol–water partition coefficient (Wildman–Crippen LogP) is 3.47. The van der Waals surface area contributed by atoms with Gasteiger partial charge in [0, 0.05) is 12.5 Å². The first-order valence-corrected chi connectivity index (χ1v) is 7.74. The summed E-state index contributed by atoms with van der Waals surface area (Å²) < 4.78 is 15.6. The summed E-state index contributed by atoms with van der Waals surface area (Å²) in [7, 11) is 0. The first kappa shape index (κ1) is 17.5. The Balaban J connectivity index is 2.25. The van der Waals surface area contributed by atoms with Gasteiger partial charge in [0.1, 0.15) is 19.0 Å². The molecule has 5 nitrogen and oxygen atoms in total. The molecule has 0 saturated heterocycles. The van der Waals surface area contributed by atoms with Gasteiger partial charge in [-0.25, -0.2) is 4.79 Å². The monoisotopic (exact) mass is 328 g/mol. The van der Waals surface area contributed by atoms with E-state index >= 15 is 0 Å². The third-order valence-corrected chi connectivity index (χ3v) is 3.22. The van der Waals surface area contributed by atoms with Crippen molar-refractivity contribution in [1.29, 1.82) is 0 Å². The lowest BCUT2D eigenvalue weighted by Crippen LogP contribution is -2.11. The molecule has 24 heavy (non-hydrogen) atoms. The van der Waals surface area contributed by atoms with Crippen molar-refractivity contribution in [2.75, 3.05) is 19.8 Å². The highest BCUT2D eigenvalue weighted by Gasteiger charge is 2.13. The van der Waals surface area contributed by atoms with Gasteiger partial charge in [0.05, 0.1) is 12.2 Å². The number of carbonyl (C=O) groups excluding carboxylic acids is 2. The number of ether oxygens (including phenoxy) is 3. The van der Waals surface area contributed by atoms with Crippen molar-refractivity contribution in [2.45, 2.75) is 13.8 Å². The lowest BCUT2D eigenvalue weighted by atomic mass is 10.0. The van der Waals surface area contributed by atoms with E-state index in [4.69, 9.17) is 14.2 Å². The number of hydrogen-bond acceptors (Lipinski definition) is 5. The van der Waals surface area contributed by atoms with Crippen LogP contribution in [0.25, 0.3) is 11.1 Å². The maximum absolute atomic E-state index is 11.9. The predicted molar refractivity (Wildman–Crippen MR) is 90.0 cm³/mol. The van der Waals surface area contributed by atoms with Crippen LogP contribution in [-0.2, 0) is 14.3 Å². The SMILES string of the molecule is CCOC(=O)c1ccc(-c2ccccc2)c(OCCOC(C)=O)c1. The standard InChI is InChI=1S/C19H20O5/c1-3-22-19(21)16-9-10-17(15-7-5-4-6-8-15)18(13-16)24-12-11-23-14(2)20/h4-10,13H,3,11-12H2,1-2H3. The molecule has 5 heteroatoms. The number of benzene rings is 2. The Hall–Kier alpha value is -2.82. The smallest absolute Gasteiger partial charge is 0.338 e. The molecule has 2 aromatic rings. The van der Waals surface area contributed by atoms with Crippen molar-refractivity contribution in [3.05, 3.63) is 54.1 Å².